The Morgan fingerprint density at radius 3 is 2.74 bits per heavy atom. The van der Waals surface area contributed by atoms with Crippen molar-refractivity contribution in [1.82, 2.24) is 10.0 Å². The summed E-state index contributed by atoms with van der Waals surface area (Å²) in [5, 5.41) is 11.2. The highest BCUT2D eigenvalue weighted by molar-refractivity contribution is 7.89. The van der Waals surface area contributed by atoms with Crippen LogP contribution in [0.3, 0.4) is 0 Å². The van der Waals surface area contributed by atoms with Crippen LogP contribution >= 0.6 is 0 Å². The van der Waals surface area contributed by atoms with E-state index in [2.05, 4.69) is 10.0 Å². The molecule has 1 atom stereocenters. The van der Waals surface area contributed by atoms with Gasteiger partial charge in [0.25, 0.3) is 0 Å². The molecule has 1 heterocycles. The van der Waals surface area contributed by atoms with Crippen LogP contribution in [0.1, 0.15) is 12.0 Å². The Morgan fingerprint density at radius 1 is 1.47 bits per heavy atom. The topological polar surface area (TPSA) is 125 Å². The molecule has 100 valence electrons. The smallest absolute Gasteiger partial charge is 0.242 e. The molecule has 19 heavy (non-hydrogen) atoms. The van der Waals surface area contributed by atoms with Crippen molar-refractivity contribution in [1.29, 1.82) is 5.26 Å². The lowest BCUT2D eigenvalue weighted by molar-refractivity contribution is -0.119. The van der Waals surface area contributed by atoms with Gasteiger partial charge < -0.3 is 11.1 Å². The van der Waals surface area contributed by atoms with Crippen molar-refractivity contribution in [2.45, 2.75) is 17.4 Å². The molecule has 7 nitrogen and oxygen atoms in total. The zero-order chi connectivity index (χ0) is 14.0. The largest absolute Gasteiger partial charge is 0.398 e. The summed E-state index contributed by atoms with van der Waals surface area (Å²) in [5.74, 6) is -0.194. The molecule has 0 spiro atoms. The van der Waals surface area contributed by atoms with E-state index in [1.807, 2.05) is 6.07 Å². The predicted molar refractivity (Wildman–Crippen MR) is 67.3 cm³/mol. The van der Waals surface area contributed by atoms with Gasteiger partial charge in [0.1, 0.15) is 4.90 Å². The summed E-state index contributed by atoms with van der Waals surface area (Å²) >= 11 is 0. The maximum absolute atomic E-state index is 12.1. The number of nitrogens with two attached hydrogens (primary N) is 1. The molecule has 1 aliphatic heterocycles. The van der Waals surface area contributed by atoms with E-state index >= 15 is 0 Å². The molecule has 0 aliphatic carbocycles. The van der Waals surface area contributed by atoms with E-state index in [0.29, 0.717) is 0 Å². The summed E-state index contributed by atoms with van der Waals surface area (Å²) in [6.45, 7) is 0.258. The monoisotopic (exact) mass is 280 g/mol. The summed E-state index contributed by atoms with van der Waals surface area (Å²) < 4.78 is 26.6. The van der Waals surface area contributed by atoms with Crippen LogP contribution in [0.4, 0.5) is 5.69 Å². The molecule has 0 saturated carbocycles. The lowest BCUT2D eigenvalue weighted by atomic mass is 10.2. The normalized spacial score (nSPS) is 18.9. The summed E-state index contributed by atoms with van der Waals surface area (Å²) in [4.78, 5) is 10.9. The van der Waals surface area contributed by atoms with Crippen molar-refractivity contribution in [3.63, 3.8) is 0 Å². The average Bonchev–Trinajstić information content (AvgIpc) is 2.73. The lowest BCUT2D eigenvalue weighted by Crippen LogP contribution is -2.36. The first-order valence-corrected chi connectivity index (χ1v) is 6.99. The molecule has 8 heteroatoms. The second-order valence-corrected chi connectivity index (χ2v) is 5.87. The summed E-state index contributed by atoms with van der Waals surface area (Å²) in [7, 11) is -3.80. The van der Waals surface area contributed by atoms with Gasteiger partial charge >= 0.3 is 0 Å². The van der Waals surface area contributed by atoms with E-state index in [9.17, 15) is 13.2 Å². The van der Waals surface area contributed by atoms with Gasteiger partial charge in [0.15, 0.2) is 0 Å². The van der Waals surface area contributed by atoms with Crippen LogP contribution in [0.25, 0.3) is 0 Å². The summed E-state index contributed by atoms with van der Waals surface area (Å²) in [6, 6.07) is 5.35. The quantitative estimate of drug-likeness (QED) is 0.632. The molecule has 0 radical (unpaired) electrons. The number of anilines is 1. The molecular formula is C11H12N4O3S. The molecule has 0 bridgehead atoms. The summed E-state index contributed by atoms with van der Waals surface area (Å²) in [5.41, 5.74) is 5.92. The van der Waals surface area contributed by atoms with Crippen LogP contribution in [0.5, 0.6) is 0 Å². The third-order valence-electron chi connectivity index (χ3n) is 2.73. The third-order valence-corrected chi connectivity index (χ3v) is 4.32. The summed E-state index contributed by atoms with van der Waals surface area (Å²) in [6.07, 6.45) is 0.107. The van der Waals surface area contributed by atoms with Crippen LogP contribution in [-0.2, 0) is 14.8 Å². The fourth-order valence-corrected chi connectivity index (χ4v) is 3.18. The Labute approximate surface area is 110 Å². The number of nitrogens with one attached hydrogen (secondary N) is 2. The van der Waals surface area contributed by atoms with E-state index in [0.717, 1.165) is 0 Å². The maximum atomic E-state index is 12.1. The number of carbonyl (C=O) groups is 1. The molecule has 1 saturated heterocycles. The van der Waals surface area contributed by atoms with Crippen molar-refractivity contribution in [3.8, 4) is 6.07 Å². The molecule has 1 amide bonds. The first kappa shape index (κ1) is 13.3. The van der Waals surface area contributed by atoms with Crippen molar-refractivity contribution < 1.29 is 13.2 Å². The number of benzene rings is 1. The van der Waals surface area contributed by atoms with Crippen LogP contribution < -0.4 is 15.8 Å². The molecule has 2 rings (SSSR count). The molecule has 1 aromatic carbocycles. The van der Waals surface area contributed by atoms with E-state index in [1.165, 1.54) is 18.2 Å². The minimum atomic E-state index is -3.80. The highest BCUT2D eigenvalue weighted by Gasteiger charge is 2.27. The second kappa shape index (κ2) is 4.87. The van der Waals surface area contributed by atoms with Gasteiger partial charge in [0, 0.05) is 19.0 Å². The van der Waals surface area contributed by atoms with Crippen LogP contribution in [0.2, 0.25) is 0 Å². The predicted octanol–water partition coefficient (Wildman–Crippen LogP) is -0.693. The fraction of sp³-hybridized carbons (Fsp3) is 0.273. The van der Waals surface area contributed by atoms with Crippen molar-refractivity contribution in [2.75, 3.05) is 12.3 Å². The minimum Gasteiger partial charge on any atom is -0.398 e. The standard InChI is InChI=1S/C11H12N4O3S/c12-5-7-1-2-10(9(13)3-7)19(17,18)15-8-4-11(16)14-6-8/h1-3,8,15H,4,6,13H2,(H,14,16). The van der Waals surface area contributed by atoms with Gasteiger partial charge in [0.05, 0.1) is 17.3 Å². The Balaban J connectivity index is 2.25. The number of carbonyl (C=O) groups excluding carboxylic acids is 1. The average molecular weight is 280 g/mol. The Hall–Kier alpha value is -2.11. The number of hydrogen-bond donors (Lipinski definition) is 3. The molecule has 1 aromatic rings. The number of sulfonamides is 1. The van der Waals surface area contributed by atoms with Gasteiger partial charge in [-0.25, -0.2) is 13.1 Å². The highest BCUT2D eigenvalue weighted by Crippen LogP contribution is 2.20. The van der Waals surface area contributed by atoms with Crippen LogP contribution in [0, 0.1) is 11.3 Å². The van der Waals surface area contributed by atoms with E-state index in [4.69, 9.17) is 11.0 Å². The molecule has 0 aromatic heterocycles. The van der Waals surface area contributed by atoms with Crippen molar-refractivity contribution >= 4 is 21.6 Å². The molecule has 4 N–H and O–H groups in total. The number of hydrogen-bond acceptors (Lipinski definition) is 5. The number of rotatable bonds is 3. The zero-order valence-corrected chi connectivity index (χ0v) is 10.7. The maximum Gasteiger partial charge on any atom is 0.242 e. The van der Waals surface area contributed by atoms with Gasteiger partial charge in [-0.15, -0.1) is 0 Å². The number of nitrogen functional groups attached to an aromatic ring is 1. The van der Waals surface area contributed by atoms with E-state index in [-0.39, 0.29) is 35.0 Å². The molecule has 1 fully saturated rings. The second-order valence-electron chi connectivity index (χ2n) is 4.19. The van der Waals surface area contributed by atoms with Gasteiger partial charge in [-0.2, -0.15) is 5.26 Å². The van der Waals surface area contributed by atoms with E-state index < -0.39 is 16.1 Å². The SMILES string of the molecule is N#Cc1ccc(S(=O)(=O)NC2CNC(=O)C2)c(N)c1. The Bertz CT molecular complexity index is 663. The number of nitrogens with zero attached hydrogens (tertiary/aromatic N) is 1. The first-order valence-electron chi connectivity index (χ1n) is 5.51. The van der Waals surface area contributed by atoms with Crippen LogP contribution in [0.15, 0.2) is 23.1 Å². The molecule has 1 aliphatic rings. The van der Waals surface area contributed by atoms with Gasteiger partial charge in [-0.3, -0.25) is 4.79 Å². The van der Waals surface area contributed by atoms with Crippen LogP contribution in [-0.4, -0.2) is 26.9 Å². The minimum absolute atomic E-state index is 0.00355. The Morgan fingerprint density at radius 2 is 2.21 bits per heavy atom. The third kappa shape index (κ3) is 2.83. The molecular weight excluding hydrogens is 268 g/mol. The first-order chi connectivity index (χ1) is 8.92. The van der Waals surface area contributed by atoms with Gasteiger partial charge in [-0.1, -0.05) is 0 Å². The van der Waals surface area contributed by atoms with Crippen molar-refractivity contribution in [3.05, 3.63) is 23.8 Å². The van der Waals surface area contributed by atoms with E-state index in [1.54, 1.807) is 0 Å². The zero-order valence-electron chi connectivity index (χ0n) is 9.88. The fourth-order valence-electron chi connectivity index (χ4n) is 1.83. The Kier molecular flexibility index (Phi) is 3.42. The van der Waals surface area contributed by atoms with Crippen molar-refractivity contribution in [2.24, 2.45) is 0 Å². The number of nitriles is 1. The van der Waals surface area contributed by atoms with Gasteiger partial charge in [0.2, 0.25) is 15.9 Å². The highest BCUT2D eigenvalue weighted by atomic mass is 32.2. The molecule has 1 unspecified atom stereocenters. The lowest BCUT2D eigenvalue weighted by Gasteiger charge is -2.12. The number of amides is 1. The van der Waals surface area contributed by atoms with Gasteiger partial charge in [-0.05, 0) is 18.2 Å².